The summed E-state index contributed by atoms with van der Waals surface area (Å²) >= 11 is 0. The van der Waals surface area contributed by atoms with Gasteiger partial charge in [-0.3, -0.25) is 4.99 Å². The number of aliphatic imine (C=N–C) groups is 1. The molecule has 0 aliphatic heterocycles. The number of nitrogens with zero attached hydrogens (tertiary/aromatic N) is 1. The lowest BCUT2D eigenvalue weighted by atomic mass is 10.3. The minimum Gasteiger partial charge on any atom is -0.397 e. The lowest BCUT2D eigenvalue weighted by molar-refractivity contribution is 1.24. The first-order chi connectivity index (χ1) is 6.70. The number of hydrogen-bond acceptors (Lipinski definition) is 2. The molecular formula is C12H18N2. The summed E-state index contributed by atoms with van der Waals surface area (Å²) in [6.07, 6.45) is 11.7. The molecule has 14 heavy (non-hydrogen) atoms. The molecule has 0 fully saturated rings. The number of allylic oxidation sites excluding steroid dienone is 5. The van der Waals surface area contributed by atoms with Crippen LogP contribution in [0, 0.1) is 0 Å². The molecular weight excluding hydrogens is 172 g/mol. The molecule has 2 N–H and O–H groups in total. The van der Waals surface area contributed by atoms with Gasteiger partial charge >= 0.3 is 0 Å². The van der Waals surface area contributed by atoms with Crippen LogP contribution < -0.4 is 5.73 Å². The first-order valence-corrected chi connectivity index (χ1v) is 4.65. The van der Waals surface area contributed by atoms with Gasteiger partial charge in [0, 0.05) is 17.6 Å². The van der Waals surface area contributed by atoms with E-state index in [1.807, 2.05) is 25.2 Å². The van der Waals surface area contributed by atoms with Gasteiger partial charge in [-0.15, -0.1) is 0 Å². The number of rotatable bonds is 5. The van der Waals surface area contributed by atoms with Gasteiger partial charge in [0.1, 0.15) is 0 Å². The molecule has 76 valence electrons. The van der Waals surface area contributed by atoms with E-state index in [4.69, 9.17) is 5.73 Å². The van der Waals surface area contributed by atoms with Crippen molar-refractivity contribution in [2.45, 2.75) is 20.3 Å². The predicted octanol–water partition coefficient (Wildman–Crippen LogP) is 2.96. The predicted molar refractivity (Wildman–Crippen MR) is 64.1 cm³/mol. The molecule has 0 heterocycles. The third-order valence-corrected chi connectivity index (χ3v) is 1.59. The highest BCUT2D eigenvalue weighted by atomic mass is 14.7. The molecule has 0 aromatic rings. The second kappa shape index (κ2) is 8.05. The van der Waals surface area contributed by atoms with Crippen molar-refractivity contribution in [2.24, 2.45) is 10.7 Å². The van der Waals surface area contributed by atoms with E-state index in [0.717, 1.165) is 12.1 Å². The molecule has 0 bridgehead atoms. The lowest BCUT2D eigenvalue weighted by Crippen LogP contribution is -1.92. The zero-order valence-electron chi connectivity index (χ0n) is 8.90. The number of hydrogen-bond donors (Lipinski definition) is 1. The Bertz CT molecular complexity index is 281. The largest absolute Gasteiger partial charge is 0.397 e. The van der Waals surface area contributed by atoms with Crippen LogP contribution in [0.2, 0.25) is 0 Å². The summed E-state index contributed by atoms with van der Waals surface area (Å²) in [5.74, 6) is 0. The SMILES string of the molecule is C=C/C=C/C=C\C(N)=C\N=C(C)CC. The second-order valence-electron chi connectivity index (χ2n) is 2.83. The van der Waals surface area contributed by atoms with Crippen molar-refractivity contribution in [1.29, 1.82) is 0 Å². The van der Waals surface area contributed by atoms with Crippen molar-refractivity contribution in [3.05, 3.63) is 48.9 Å². The van der Waals surface area contributed by atoms with Crippen LogP contribution in [-0.4, -0.2) is 5.71 Å². The molecule has 0 rings (SSSR count). The third-order valence-electron chi connectivity index (χ3n) is 1.59. The molecule has 2 heteroatoms. The zero-order valence-corrected chi connectivity index (χ0v) is 8.90. The molecule has 0 aliphatic carbocycles. The molecule has 2 nitrogen and oxygen atoms in total. The molecule has 0 saturated carbocycles. The van der Waals surface area contributed by atoms with Crippen LogP contribution in [0.1, 0.15) is 20.3 Å². The van der Waals surface area contributed by atoms with Crippen LogP contribution >= 0.6 is 0 Å². The Kier molecular flexibility index (Phi) is 7.15. The van der Waals surface area contributed by atoms with E-state index in [0.29, 0.717) is 5.70 Å². The standard InChI is InChI=1S/C12H18N2/c1-4-6-7-8-9-12(13)10-14-11(3)5-2/h4,6-10H,1,5,13H2,2-3H3/b7-6+,9-8-,12-10-,14-11?. The van der Waals surface area contributed by atoms with Gasteiger partial charge in [-0.25, -0.2) is 0 Å². The van der Waals surface area contributed by atoms with E-state index in [-0.39, 0.29) is 0 Å². The van der Waals surface area contributed by atoms with E-state index in [1.165, 1.54) is 0 Å². The van der Waals surface area contributed by atoms with Crippen molar-refractivity contribution in [3.63, 3.8) is 0 Å². The maximum atomic E-state index is 5.67. The summed E-state index contributed by atoms with van der Waals surface area (Å²) in [6, 6.07) is 0. The topological polar surface area (TPSA) is 38.4 Å². The van der Waals surface area contributed by atoms with Gasteiger partial charge in [0.25, 0.3) is 0 Å². The first-order valence-electron chi connectivity index (χ1n) is 4.65. The van der Waals surface area contributed by atoms with Gasteiger partial charge in [-0.1, -0.05) is 37.8 Å². The van der Waals surface area contributed by atoms with Crippen molar-refractivity contribution in [1.82, 2.24) is 0 Å². The molecule has 0 saturated heterocycles. The Labute approximate surface area is 86.2 Å². The molecule has 0 unspecified atom stereocenters. The average molecular weight is 190 g/mol. The second-order valence-corrected chi connectivity index (χ2v) is 2.83. The van der Waals surface area contributed by atoms with Gasteiger partial charge < -0.3 is 5.73 Å². The lowest BCUT2D eigenvalue weighted by Gasteiger charge is -1.91. The van der Waals surface area contributed by atoms with Gasteiger partial charge in [0.15, 0.2) is 0 Å². The monoisotopic (exact) mass is 190 g/mol. The van der Waals surface area contributed by atoms with E-state index in [9.17, 15) is 0 Å². The summed E-state index contributed by atoms with van der Waals surface area (Å²) in [5, 5.41) is 0. The molecule has 0 radical (unpaired) electrons. The number of nitrogens with two attached hydrogens (primary N) is 1. The van der Waals surface area contributed by atoms with Crippen LogP contribution in [0.5, 0.6) is 0 Å². The molecule has 0 spiro atoms. The van der Waals surface area contributed by atoms with Crippen LogP contribution in [0.3, 0.4) is 0 Å². The smallest absolute Gasteiger partial charge is 0.0500 e. The molecule has 0 aliphatic rings. The van der Waals surface area contributed by atoms with E-state index < -0.39 is 0 Å². The van der Waals surface area contributed by atoms with E-state index in [1.54, 1.807) is 18.4 Å². The van der Waals surface area contributed by atoms with Crippen molar-refractivity contribution in [3.8, 4) is 0 Å². The first kappa shape index (κ1) is 12.4. The zero-order chi connectivity index (χ0) is 10.8. The van der Waals surface area contributed by atoms with Gasteiger partial charge in [0.05, 0.1) is 0 Å². The Morgan fingerprint density at radius 3 is 2.64 bits per heavy atom. The fourth-order valence-corrected chi connectivity index (χ4v) is 0.628. The highest BCUT2D eigenvalue weighted by Crippen LogP contribution is 1.92. The fraction of sp³-hybridized carbons (Fsp3) is 0.250. The minimum atomic E-state index is 0.645. The molecule has 0 aromatic carbocycles. The summed E-state index contributed by atoms with van der Waals surface area (Å²) < 4.78 is 0. The van der Waals surface area contributed by atoms with Gasteiger partial charge in [0.2, 0.25) is 0 Å². The van der Waals surface area contributed by atoms with Crippen LogP contribution in [0.25, 0.3) is 0 Å². The van der Waals surface area contributed by atoms with Crippen LogP contribution in [-0.2, 0) is 0 Å². The summed E-state index contributed by atoms with van der Waals surface area (Å²) in [5.41, 5.74) is 7.38. The Morgan fingerprint density at radius 2 is 2.07 bits per heavy atom. The Hall–Kier alpha value is -1.57. The average Bonchev–Trinajstić information content (AvgIpc) is 2.21. The van der Waals surface area contributed by atoms with Crippen LogP contribution in [0.4, 0.5) is 0 Å². The van der Waals surface area contributed by atoms with E-state index in [2.05, 4.69) is 18.5 Å². The van der Waals surface area contributed by atoms with E-state index >= 15 is 0 Å². The van der Waals surface area contributed by atoms with Crippen molar-refractivity contribution >= 4 is 5.71 Å². The van der Waals surface area contributed by atoms with Gasteiger partial charge in [-0.05, 0) is 19.4 Å². The van der Waals surface area contributed by atoms with Crippen molar-refractivity contribution < 1.29 is 0 Å². The molecule has 0 amide bonds. The van der Waals surface area contributed by atoms with Gasteiger partial charge in [-0.2, -0.15) is 0 Å². The Balaban J connectivity index is 4.19. The highest BCUT2D eigenvalue weighted by molar-refractivity contribution is 5.82. The van der Waals surface area contributed by atoms with Crippen molar-refractivity contribution in [2.75, 3.05) is 0 Å². The maximum absolute atomic E-state index is 5.67. The van der Waals surface area contributed by atoms with Crippen LogP contribution in [0.15, 0.2) is 53.8 Å². The quantitative estimate of drug-likeness (QED) is 0.525. The Morgan fingerprint density at radius 1 is 1.36 bits per heavy atom. The highest BCUT2D eigenvalue weighted by Gasteiger charge is 1.82. The third kappa shape index (κ3) is 7.10. The fourth-order valence-electron chi connectivity index (χ4n) is 0.628. The summed E-state index contributed by atoms with van der Waals surface area (Å²) in [4.78, 5) is 4.18. The molecule has 0 aromatic heterocycles. The molecule has 0 atom stereocenters. The summed E-state index contributed by atoms with van der Waals surface area (Å²) in [7, 11) is 0. The minimum absolute atomic E-state index is 0.645. The summed E-state index contributed by atoms with van der Waals surface area (Å²) in [6.45, 7) is 7.60. The maximum Gasteiger partial charge on any atom is 0.0500 e. The normalized spacial score (nSPS) is 14.1.